The van der Waals surface area contributed by atoms with Gasteiger partial charge in [-0.25, -0.2) is 0 Å². The third-order valence-electron chi connectivity index (χ3n) is 5.12. The van der Waals surface area contributed by atoms with Crippen molar-refractivity contribution in [2.24, 2.45) is 0 Å². The van der Waals surface area contributed by atoms with Gasteiger partial charge in [-0.3, -0.25) is 19.2 Å². The number of amides is 3. The van der Waals surface area contributed by atoms with Gasteiger partial charge in [-0.1, -0.05) is 36.4 Å². The predicted octanol–water partition coefficient (Wildman–Crippen LogP) is 0.544. The van der Waals surface area contributed by atoms with E-state index in [1.807, 2.05) is 60.7 Å². The maximum absolute atomic E-state index is 12.8. The summed E-state index contributed by atoms with van der Waals surface area (Å²) in [5.74, 6) is -3.18. The number of benzene rings is 2. The van der Waals surface area contributed by atoms with Crippen molar-refractivity contribution in [1.82, 2.24) is 16.0 Å². The lowest BCUT2D eigenvalue weighted by atomic mass is 10.1. The second-order valence-electron chi connectivity index (χ2n) is 7.98. The standard InChI is InChI=1S/C25H33N5O6/c31-17-21(25(36)28-16-23(33)34)30-22(32)15-27-24(35)20(29-19-11-5-2-6-12-19)13-7-8-14-26-18-9-3-1-4-10-18/h1-6,9-12,20-21,26,29,31H,7-8,13-17H2,(H,27,35)(H,28,36)(H,30,32)(H,33,34). The number of carboxylic acids is 1. The molecule has 2 atom stereocenters. The fraction of sp³-hybridized carbons (Fsp3) is 0.360. The lowest BCUT2D eigenvalue weighted by Crippen LogP contribution is -2.52. The highest BCUT2D eigenvalue weighted by atomic mass is 16.4. The molecule has 0 aliphatic heterocycles. The van der Waals surface area contributed by atoms with E-state index in [0.717, 1.165) is 30.8 Å². The molecule has 2 aromatic carbocycles. The monoisotopic (exact) mass is 499 g/mol. The molecule has 0 fully saturated rings. The van der Waals surface area contributed by atoms with Crippen LogP contribution in [0.15, 0.2) is 60.7 Å². The van der Waals surface area contributed by atoms with E-state index in [-0.39, 0.29) is 5.91 Å². The minimum Gasteiger partial charge on any atom is -0.480 e. The average molecular weight is 500 g/mol. The van der Waals surface area contributed by atoms with E-state index < -0.39 is 49.6 Å². The topological polar surface area (TPSA) is 169 Å². The molecular weight excluding hydrogens is 466 g/mol. The first-order chi connectivity index (χ1) is 17.4. The number of carbonyl (C=O) groups excluding carboxylic acids is 3. The highest BCUT2D eigenvalue weighted by Gasteiger charge is 2.22. The number of hydrogen-bond acceptors (Lipinski definition) is 7. The first-order valence-electron chi connectivity index (χ1n) is 11.7. The first kappa shape index (κ1) is 28.1. The smallest absolute Gasteiger partial charge is 0.322 e. The van der Waals surface area contributed by atoms with Crippen LogP contribution in [-0.4, -0.2) is 72.2 Å². The molecule has 0 bridgehead atoms. The summed E-state index contributed by atoms with van der Waals surface area (Å²) in [5.41, 5.74) is 1.79. The molecule has 0 heterocycles. The number of para-hydroxylation sites is 2. The number of hydrogen-bond donors (Lipinski definition) is 7. The normalized spacial score (nSPS) is 12.0. The minimum absolute atomic E-state index is 0.388. The Labute approximate surface area is 209 Å². The number of rotatable bonds is 16. The Morgan fingerprint density at radius 2 is 1.33 bits per heavy atom. The number of aliphatic hydroxyl groups is 1. The van der Waals surface area contributed by atoms with Crippen LogP contribution in [0.3, 0.4) is 0 Å². The molecule has 0 radical (unpaired) electrons. The second-order valence-corrected chi connectivity index (χ2v) is 7.98. The van der Waals surface area contributed by atoms with Crippen molar-refractivity contribution in [2.75, 3.05) is 36.9 Å². The molecule has 0 aliphatic rings. The fourth-order valence-electron chi connectivity index (χ4n) is 3.28. The molecule has 0 aromatic heterocycles. The van der Waals surface area contributed by atoms with Crippen LogP contribution in [0.25, 0.3) is 0 Å². The zero-order chi connectivity index (χ0) is 26.2. The third kappa shape index (κ3) is 10.9. The molecule has 194 valence electrons. The molecule has 11 heteroatoms. The molecule has 3 amide bonds. The van der Waals surface area contributed by atoms with Gasteiger partial charge in [0, 0.05) is 17.9 Å². The zero-order valence-corrected chi connectivity index (χ0v) is 19.9. The van der Waals surface area contributed by atoms with Gasteiger partial charge in [0.1, 0.15) is 18.6 Å². The van der Waals surface area contributed by atoms with E-state index in [9.17, 15) is 24.3 Å². The van der Waals surface area contributed by atoms with E-state index in [4.69, 9.17) is 5.11 Å². The molecule has 0 saturated carbocycles. The highest BCUT2D eigenvalue weighted by molar-refractivity contribution is 5.92. The lowest BCUT2D eigenvalue weighted by Gasteiger charge is -2.20. The molecule has 2 rings (SSSR count). The molecule has 11 nitrogen and oxygen atoms in total. The van der Waals surface area contributed by atoms with Crippen molar-refractivity contribution in [3.63, 3.8) is 0 Å². The van der Waals surface area contributed by atoms with Gasteiger partial charge < -0.3 is 36.8 Å². The van der Waals surface area contributed by atoms with Crippen molar-refractivity contribution >= 4 is 35.1 Å². The van der Waals surface area contributed by atoms with E-state index in [2.05, 4.69) is 26.6 Å². The van der Waals surface area contributed by atoms with Gasteiger partial charge in [-0.05, 0) is 43.5 Å². The number of carbonyl (C=O) groups is 4. The second kappa shape index (κ2) is 15.7. The van der Waals surface area contributed by atoms with Crippen LogP contribution in [0.5, 0.6) is 0 Å². The summed E-state index contributed by atoms with van der Waals surface area (Å²) in [6.45, 7) is -1.03. The molecule has 7 N–H and O–H groups in total. The Morgan fingerprint density at radius 1 is 0.750 bits per heavy atom. The van der Waals surface area contributed by atoms with E-state index >= 15 is 0 Å². The molecule has 2 unspecified atom stereocenters. The van der Waals surface area contributed by atoms with Crippen LogP contribution in [0, 0.1) is 0 Å². The number of nitrogens with one attached hydrogen (secondary N) is 5. The van der Waals surface area contributed by atoms with Crippen molar-refractivity contribution in [3.05, 3.63) is 60.7 Å². The van der Waals surface area contributed by atoms with Gasteiger partial charge in [-0.15, -0.1) is 0 Å². The van der Waals surface area contributed by atoms with Crippen LogP contribution in [0.4, 0.5) is 11.4 Å². The number of carboxylic acid groups (broad SMARTS) is 1. The number of anilines is 2. The van der Waals surface area contributed by atoms with Crippen molar-refractivity contribution in [1.29, 1.82) is 0 Å². The van der Waals surface area contributed by atoms with Gasteiger partial charge in [0.2, 0.25) is 17.7 Å². The SMILES string of the molecule is O=C(O)CNC(=O)C(CO)NC(=O)CNC(=O)C(CCCCNc1ccccc1)Nc1ccccc1. The fourth-order valence-corrected chi connectivity index (χ4v) is 3.28. The summed E-state index contributed by atoms with van der Waals surface area (Å²) in [6.07, 6.45) is 2.11. The molecule has 36 heavy (non-hydrogen) atoms. The Hall–Kier alpha value is -4.12. The van der Waals surface area contributed by atoms with Crippen molar-refractivity contribution in [3.8, 4) is 0 Å². The maximum atomic E-state index is 12.8. The third-order valence-corrected chi connectivity index (χ3v) is 5.12. The van der Waals surface area contributed by atoms with Crippen LogP contribution in [0.1, 0.15) is 19.3 Å². The number of aliphatic carboxylic acids is 1. The summed E-state index contributed by atoms with van der Waals surface area (Å²) >= 11 is 0. The molecule has 0 saturated heterocycles. The maximum Gasteiger partial charge on any atom is 0.322 e. The molecule has 0 spiro atoms. The Kier molecular flexibility index (Phi) is 12.3. The first-order valence-corrected chi connectivity index (χ1v) is 11.7. The van der Waals surface area contributed by atoms with Crippen LogP contribution < -0.4 is 26.6 Å². The number of unbranched alkanes of at least 4 members (excludes halogenated alkanes) is 1. The Morgan fingerprint density at radius 3 is 1.94 bits per heavy atom. The van der Waals surface area contributed by atoms with E-state index in [0.29, 0.717) is 6.42 Å². The molecule has 2 aromatic rings. The van der Waals surface area contributed by atoms with Gasteiger partial charge in [0.05, 0.1) is 13.2 Å². The minimum atomic E-state index is -1.33. The summed E-state index contributed by atoms with van der Waals surface area (Å²) in [6, 6.07) is 17.1. The van der Waals surface area contributed by atoms with E-state index in [1.54, 1.807) is 0 Å². The van der Waals surface area contributed by atoms with Gasteiger partial charge >= 0.3 is 5.97 Å². The van der Waals surface area contributed by atoms with Crippen LogP contribution >= 0.6 is 0 Å². The van der Waals surface area contributed by atoms with E-state index in [1.165, 1.54) is 0 Å². The lowest BCUT2D eigenvalue weighted by molar-refractivity contribution is -0.138. The van der Waals surface area contributed by atoms with Gasteiger partial charge in [0.15, 0.2) is 0 Å². The highest BCUT2D eigenvalue weighted by Crippen LogP contribution is 2.12. The van der Waals surface area contributed by atoms with Crippen LogP contribution in [-0.2, 0) is 19.2 Å². The largest absolute Gasteiger partial charge is 0.480 e. The van der Waals surface area contributed by atoms with Crippen LogP contribution in [0.2, 0.25) is 0 Å². The zero-order valence-electron chi connectivity index (χ0n) is 19.9. The Bertz CT molecular complexity index is 973. The summed E-state index contributed by atoms with van der Waals surface area (Å²) < 4.78 is 0. The van der Waals surface area contributed by atoms with Crippen molar-refractivity contribution < 1.29 is 29.4 Å². The molecule has 0 aliphatic carbocycles. The average Bonchev–Trinajstić information content (AvgIpc) is 2.89. The van der Waals surface area contributed by atoms with Gasteiger partial charge in [0.25, 0.3) is 0 Å². The summed E-state index contributed by atoms with van der Waals surface area (Å²) in [7, 11) is 0. The van der Waals surface area contributed by atoms with Gasteiger partial charge in [-0.2, -0.15) is 0 Å². The number of aliphatic hydroxyl groups excluding tert-OH is 1. The predicted molar refractivity (Wildman–Crippen MR) is 135 cm³/mol. The van der Waals surface area contributed by atoms with Crippen molar-refractivity contribution in [2.45, 2.75) is 31.3 Å². The molecular formula is C25H33N5O6. The Balaban J connectivity index is 1.84. The summed E-state index contributed by atoms with van der Waals surface area (Å²) in [5, 5.41) is 31.4. The summed E-state index contributed by atoms with van der Waals surface area (Å²) in [4.78, 5) is 47.5. The quantitative estimate of drug-likeness (QED) is 0.164.